The van der Waals surface area contributed by atoms with Crippen LogP contribution in [0.25, 0.3) is 0 Å². The molecule has 0 aliphatic heterocycles. The summed E-state index contributed by atoms with van der Waals surface area (Å²) in [6, 6.07) is 0. The van der Waals surface area contributed by atoms with Gasteiger partial charge in [0.05, 0.1) is 4.99 Å². The number of amides is 1. The molecule has 1 aliphatic carbocycles. The topological polar surface area (TPSA) is 55.1 Å². The molecule has 92 valence electrons. The van der Waals surface area contributed by atoms with Gasteiger partial charge < -0.3 is 11.1 Å². The molecule has 3 nitrogen and oxygen atoms in total. The molecule has 0 heterocycles. The summed E-state index contributed by atoms with van der Waals surface area (Å²) in [7, 11) is 0. The largest absolute Gasteiger partial charge is 0.393 e. The van der Waals surface area contributed by atoms with Crippen molar-refractivity contribution in [1.29, 1.82) is 0 Å². The first-order chi connectivity index (χ1) is 7.68. The van der Waals surface area contributed by atoms with Gasteiger partial charge in [-0.25, -0.2) is 0 Å². The summed E-state index contributed by atoms with van der Waals surface area (Å²) in [5.41, 5.74) is 5.38. The van der Waals surface area contributed by atoms with E-state index in [-0.39, 0.29) is 5.91 Å². The van der Waals surface area contributed by atoms with Gasteiger partial charge >= 0.3 is 0 Å². The zero-order chi connectivity index (χ0) is 11.8. The molecule has 0 aromatic carbocycles. The Bertz CT molecular complexity index is 237. The van der Waals surface area contributed by atoms with Crippen molar-refractivity contribution < 1.29 is 4.79 Å². The van der Waals surface area contributed by atoms with Crippen LogP contribution in [0.2, 0.25) is 0 Å². The lowest BCUT2D eigenvalue weighted by Gasteiger charge is -2.20. The smallest absolute Gasteiger partial charge is 0.220 e. The number of thiocarbonyl (C=S) groups is 1. The average Bonchev–Trinajstić information content (AvgIpc) is 2.25. The monoisotopic (exact) mass is 242 g/mol. The van der Waals surface area contributed by atoms with Gasteiger partial charge in [-0.1, -0.05) is 31.5 Å². The van der Waals surface area contributed by atoms with E-state index in [0.717, 1.165) is 12.8 Å². The van der Waals surface area contributed by atoms with Crippen molar-refractivity contribution in [3.8, 4) is 0 Å². The van der Waals surface area contributed by atoms with Gasteiger partial charge in [0.25, 0.3) is 0 Å². The molecular formula is C12H22N2OS. The third-order valence-corrected chi connectivity index (χ3v) is 3.33. The first-order valence-electron chi connectivity index (χ1n) is 6.23. The molecule has 0 aromatic heterocycles. The second kappa shape index (κ2) is 7.60. The molecule has 1 aliphatic rings. The molecule has 0 unspecified atom stereocenters. The lowest BCUT2D eigenvalue weighted by Crippen LogP contribution is -2.27. The van der Waals surface area contributed by atoms with Crippen LogP contribution in [0, 0.1) is 5.92 Å². The van der Waals surface area contributed by atoms with Gasteiger partial charge in [-0.3, -0.25) is 4.79 Å². The van der Waals surface area contributed by atoms with E-state index in [1.165, 1.54) is 32.1 Å². The van der Waals surface area contributed by atoms with Crippen LogP contribution in [0.15, 0.2) is 0 Å². The Balaban J connectivity index is 2.03. The van der Waals surface area contributed by atoms with Gasteiger partial charge in [0.1, 0.15) is 0 Å². The third-order valence-electron chi connectivity index (χ3n) is 3.12. The highest BCUT2D eigenvalue weighted by Crippen LogP contribution is 2.25. The lowest BCUT2D eigenvalue weighted by atomic mass is 9.87. The van der Waals surface area contributed by atoms with Crippen LogP contribution in [0.3, 0.4) is 0 Å². The Kier molecular flexibility index (Phi) is 6.38. The lowest BCUT2D eigenvalue weighted by molar-refractivity contribution is -0.122. The minimum absolute atomic E-state index is 0.190. The van der Waals surface area contributed by atoms with Crippen molar-refractivity contribution in [3.63, 3.8) is 0 Å². The highest BCUT2D eigenvalue weighted by atomic mass is 32.1. The Hall–Kier alpha value is -0.640. The summed E-state index contributed by atoms with van der Waals surface area (Å²) in [4.78, 5) is 12.1. The SMILES string of the molecule is NC(=S)CCCNC(=O)CC1CCCCC1. The molecule has 0 spiro atoms. The average molecular weight is 242 g/mol. The fourth-order valence-corrected chi connectivity index (χ4v) is 2.36. The van der Waals surface area contributed by atoms with Gasteiger partial charge in [-0.15, -0.1) is 0 Å². The van der Waals surface area contributed by atoms with Gasteiger partial charge in [0.15, 0.2) is 0 Å². The van der Waals surface area contributed by atoms with Crippen LogP contribution in [-0.4, -0.2) is 17.4 Å². The third kappa shape index (κ3) is 6.05. The maximum Gasteiger partial charge on any atom is 0.220 e. The fraction of sp³-hybridized carbons (Fsp3) is 0.833. The number of nitrogens with one attached hydrogen (secondary N) is 1. The molecule has 0 bridgehead atoms. The van der Waals surface area contributed by atoms with Gasteiger partial charge in [-0.05, 0) is 31.6 Å². The summed E-state index contributed by atoms with van der Waals surface area (Å²) in [6.45, 7) is 0.697. The zero-order valence-corrected chi connectivity index (χ0v) is 10.7. The standard InChI is InChI=1S/C12H22N2OS/c13-11(16)7-4-8-14-12(15)9-10-5-2-1-3-6-10/h10H,1-9H2,(H2,13,16)(H,14,15). The predicted molar refractivity (Wildman–Crippen MR) is 70.2 cm³/mol. The maximum atomic E-state index is 11.6. The molecule has 1 rings (SSSR count). The number of carbonyl (C=O) groups excluding carboxylic acids is 1. The molecule has 0 atom stereocenters. The quantitative estimate of drug-likeness (QED) is 0.554. The molecular weight excluding hydrogens is 220 g/mol. The molecule has 1 saturated carbocycles. The maximum absolute atomic E-state index is 11.6. The molecule has 16 heavy (non-hydrogen) atoms. The molecule has 4 heteroatoms. The summed E-state index contributed by atoms with van der Waals surface area (Å²) >= 11 is 4.77. The highest BCUT2D eigenvalue weighted by molar-refractivity contribution is 7.80. The fourth-order valence-electron chi connectivity index (χ4n) is 2.22. The van der Waals surface area contributed by atoms with Crippen molar-refractivity contribution in [2.75, 3.05) is 6.54 Å². The second-order valence-corrected chi connectivity index (χ2v) is 5.15. The van der Waals surface area contributed by atoms with Crippen LogP contribution in [0.5, 0.6) is 0 Å². The van der Waals surface area contributed by atoms with Crippen LogP contribution >= 0.6 is 12.2 Å². The number of carbonyl (C=O) groups is 1. The summed E-state index contributed by atoms with van der Waals surface area (Å²) in [5, 5.41) is 2.93. The zero-order valence-electron chi connectivity index (χ0n) is 9.84. The molecule has 1 amide bonds. The molecule has 0 aromatic rings. The second-order valence-electron chi connectivity index (χ2n) is 4.63. The highest BCUT2D eigenvalue weighted by Gasteiger charge is 2.16. The van der Waals surface area contributed by atoms with Crippen molar-refractivity contribution in [2.24, 2.45) is 11.7 Å². The summed E-state index contributed by atoms with van der Waals surface area (Å²) < 4.78 is 0. The van der Waals surface area contributed by atoms with Crippen LogP contribution in [0.1, 0.15) is 51.4 Å². The van der Waals surface area contributed by atoms with Gasteiger partial charge in [0, 0.05) is 13.0 Å². The van der Waals surface area contributed by atoms with Crippen molar-refractivity contribution in [1.82, 2.24) is 5.32 Å². The molecule has 0 radical (unpaired) electrons. The van der Waals surface area contributed by atoms with Crippen molar-refractivity contribution in [2.45, 2.75) is 51.4 Å². The Morgan fingerprint density at radius 2 is 2.00 bits per heavy atom. The Morgan fingerprint density at radius 1 is 1.31 bits per heavy atom. The normalized spacial score (nSPS) is 17.0. The Morgan fingerprint density at radius 3 is 2.62 bits per heavy atom. The number of rotatable bonds is 6. The van der Waals surface area contributed by atoms with E-state index in [1.54, 1.807) is 0 Å². The molecule has 1 fully saturated rings. The van der Waals surface area contributed by atoms with Crippen LogP contribution < -0.4 is 11.1 Å². The van der Waals surface area contributed by atoms with E-state index >= 15 is 0 Å². The molecule has 0 saturated heterocycles. The predicted octanol–water partition coefficient (Wildman–Crippen LogP) is 2.14. The van der Waals surface area contributed by atoms with Crippen molar-refractivity contribution >= 4 is 23.1 Å². The van der Waals surface area contributed by atoms with E-state index < -0.39 is 0 Å². The van der Waals surface area contributed by atoms with Gasteiger partial charge in [0.2, 0.25) is 5.91 Å². The van der Waals surface area contributed by atoms with E-state index in [1.807, 2.05) is 0 Å². The van der Waals surface area contributed by atoms with E-state index in [2.05, 4.69) is 5.32 Å². The Labute approximate surface area is 103 Å². The van der Waals surface area contributed by atoms with Crippen LogP contribution in [-0.2, 0) is 4.79 Å². The van der Waals surface area contributed by atoms with Crippen molar-refractivity contribution in [3.05, 3.63) is 0 Å². The first kappa shape index (κ1) is 13.4. The minimum atomic E-state index is 0.190. The van der Waals surface area contributed by atoms with E-state index in [0.29, 0.717) is 23.9 Å². The number of hydrogen-bond donors (Lipinski definition) is 2. The minimum Gasteiger partial charge on any atom is -0.393 e. The van der Waals surface area contributed by atoms with E-state index in [9.17, 15) is 4.79 Å². The summed E-state index contributed by atoms with van der Waals surface area (Å²) in [5.74, 6) is 0.805. The first-order valence-corrected chi connectivity index (χ1v) is 6.64. The molecule has 3 N–H and O–H groups in total. The summed E-state index contributed by atoms with van der Waals surface area (Å²) in [6.07, 6.45) is 8.64. The van der Waals surface area contributed by atoms with Gasteiger partial charge in [-0.2, -0.15) is 0 Å². The number of nitrogens with two attached hydrogens (primary N) is 1. The van der Waals surface area contributed by atoms with Crippen LogP contribution in [0.4, 0.5) is 0 Å². The van der Waals surface area contributed by atoms with E-state index in [4.69, 9.17) is 18.0 Å². The number of hydrogen-bond acceptors (Lipinski definition) is 2.